The van der Waals surface area contributed by atoms with Gasteiger partial charge in [0.1, 0.15) is 0 Å². The Morgan fingerprint density at radius 1 is 1.06 bits per heavy atom. The van der Waals surface area contributed by atoms with Crippen LogP contribution in [0, 0.1) is 0 Å². The molecule has 3 rings (SSSR count). The molecule has 0 unspecified atom stereocenters. The van der Waals surface area contributed by atoms with Gasteiger partial charge < -0.3 is 15.0 Å². The van der Waals surface area contributed by atoms with Gasteiger partial charge in [0.05, 0.1) is 23.6 Å². The number of unbranched alkanes of at least 4 members (excludes halogenated alkanes) is 2. The van der Waals surface area contributed by atoms with Crippen molar-refractivity contribution < 1.29 is 14.3 Å². The van der Waals surface area contributed by atoms with Gasteiger partial charge in [-0.3, -0.25) is 14.2 Å². The van der Waals surface area contributed by atoms with E-state index in [9.17, 15) is 19.2 Å². The lowest BCUT2D eigenvalue weighted by molar-refractivity contribution is -0.121. The van der Waals surface area contributed by atoms with E-state index in [1.165, 1.54) is 30.9 Å². The summed E-state index contributed by atoms with van der Waals surface area (Å²) in [5, 5.41) is 3.36. The van der Waals surface area contributed by atoms with Crippen LogP contribution >= 0.6 is 0 Å². The maximum absolute atomic E-state index is 12.7. The van der Waals surface area contributed by atoms with E-state index in [4.69, 9.17) is 0 Å². The molecule has 0 spiro atoms. The van der Waals surface area contributed by atoms with E-state index in [0.717, 1.165) is 23.8 Å². The topological polar surface area (TPSA) is 110 Å². The number of nitrogens with one attached hydrogen (secondary N) is 2. The number of carbonyl (C=O) groups is 2. The Bertz CT molecular complexity index is 1250. The van der Waals surface area contributed by atoms with Gasteiger partial charge in [0.25, 0.3) is 5.56 Å². The Morgan fingerprint density at radius 3 is 2.56 bits per heavy atom. The first kappa shape index (κ1) is 25.0. The average molecular weight is 466 g/mol. The zero-order valence-electron chi connectivity index (χ0n) is 19.6. The largest absolute Gasteiger partial charge is 0.465 e. The molecule has 0 aliphatic rings. The first-order valence-corrected chi connectivity index (χ1v) is 11.6. The highest BCUT2D eigenvalue weighted by Crippen LogP contribution is 2.11. The van der Waals surface area contributed by atoms with Gasteiger partial charge in [0.2, 0.25) is 5.91 Å². The molecule has 1 aromatic heterocycles. The second-order valence-electron chi connectivity index (χ2n) is 8.44. The van der Waals surface area contributed by atoms with Crippen LogP contribution in [0.3, 0.4) is 0 Å². The molecule has 0 fully saturated rings. The fourth-order valence-electron chi connectivity index (χ4n) is 3.88. The molecule has 8 heteroatoms. The Morgan fingerprint density at radius 2 is 1.82 bits per heavy atom. The minimum atomic E-state index is -0.540. The number of hydrogen-bond donors (Lipinski definition) is 2. The van der Waals surface area contributed by atoms with Crippen LogP contribution in [0.2, 0.25) is 0 Å². The quantitative estimate of drug-likeness (QED) is 0.334. The number of fused-ring (bicyclic) bond motifs is 1. The molecule has 34 heavy (non-hydrogen) atoms. The zero-order chi connectivity index (χ0) is 24.5. The monoisotopic (exact) mass is 465 g/mol. The number of nitrogens with zero attached hydrogens (tertiary/aromatic N) is 1. The highest BCUT2D eigenvalue weighted by molar-refractivity contribution is 5.93. The Kier molecular flexibility index (Phi) is 8.79. The van der Waals surface area contributed by atoms with Crippen molar-refractivity contribution in [3.63, 3.8) is 0 Å². The lowest BCUT2D eigenvalue weighted by atomic mass is 10.1. The maximum atomic E-state index is 12.7. The van der Waals surface area contributed by atoms with E-state index in [1.807, 2.05) is 25.1 Å². The molecule has 1 atom stereocenters. The standard InChI is InChI=1S/C26H31N3O5/c1-18(12-13-19-9-5-3-6-10-19)27-23(30)11-7-4-8-16-29-24(31)21-15-14-20(25(32)34-2)17-22(21)28-26(29)33/h3,5-6,9-10,14-15,17-18H,4,7-8,11-13,16H2,1-2H3,(H,27,30)(H,28,33)/t18-/m0/s1. The molecule has 0 saturated carbocycles. The molecule has 2 N–H and O–H groups in total. The van der Waals surface area contributed by atoms with Crippen molar-refractivity contribution in [1.82, 2.24) is 14.9 Å². The number of H-pyrrole nitrogens is 1. The first-order chi connectivity index (χ1) is 16.4. The SMILES string of the molecule is COC(=O)c1ccc2c(=O)n(CCCCCC(=O)N[C@@H](C)CCc3ccccc3)c(=O)[nH]c2c1. The average Bonchev–Trinajstić information content (AvgIpc) is 2.84. The molecule has 2 aromatic carbocycles. The predicted octanol–water partition coefficient (Wildman–Crippen LogP) is 3.17. The van der Waals surface area contributed by atoms with Crippen molar-refractivity contribution in [2.24, 2.45) is 0 Å². The van der Waals surface area contributed by atoms with Gasteiger partial charge in [-0.15, -0.1) is 0 Å². The van der Waals surface area contributed by atoms with Crippen molar-refractivity contribution in [3.05, 3.63) is 80.5 Å². The summed E-state index contributed by atoms with van der Waals surface area (Å²) in [6.45, 7) is 2.27. The van der Waals surface area contributed by atoms with Crippen molar-refractivity contribution in [2.75, 3.05) is 7.11 Å². The predicted molar refractivity (Wildman–Crippen MR) is 131 cm³/mol. The number of benzene rings is 2. The van der Waals surface area contributed by atoms with E-state index in [2.05, 4.69) is 27.2 Å². The molecule has 0 bridgehead atoms. The number of aryl methyl sites for hydroxylation is 1. The van der Waals surface area contributed by atoms with Crippen molar-refractivity contribution in [3.8, 4) is 0 Å². The third-order valence-electron chi connectivity index (χ3n) is 5.80. The lowest BCUT2D eigenvalue weighted by Crippen LogP contribution is -2.35. The summed E-state index contributed by atoms with van der Waals surface area (Å²) in [5.41, 5.74) is 0.888. The smallest absolute Gasteiger partial charge is 0.337 e. The van der Waals surface area contributed by atoms with Crippen molar-refractivity contribution >= 4 is 22.8 Å². The van der Waals surface area contributed by atoms with Crippen LogP contribution in [0.5, 0.6) is 0 Å². The van der Waals surface area contributed by atoms with Gasteiger partial charge in [-0.2, -0.15) is 0 Å². The highest BCUT2D eigenvalue weighted by Gasteiger charge is 2.12. The van der Waals surface area contributed by atoms with Gasteiger partial charge in [0, 0.05) is 19.0 Å². The molecule has 180 valence electrons. The second kappa shape index (κ2) is 12.0. The summed E-state index contributed by atoms with van der Waals surface area (Å²) in [5.74, 6) is -0.524. The number of carbonyl (C=O) groups excluding carboxylic acids is 2. The molecule has 0 saturated heterocycles. The number of amides is 1. The zero-order valence-corrected chi connectivity index (χ0v) is 19.6. The van der Waals surface area contributed by atoms with Gasteiger partial charge in [-0.05, 0) is 56.4 Å². The molecule has 0 aliphatic heterocycles. The van der Waals surface area contributed by atoms with Gasteiger partial charge >= 0.3 is 11.7 Å². The number of esters is 1. The van der Waals surface area contributed by atoms with Crippen LogP contribution in [-0.2, 0) is 22.5 Å². The van der Waals surface area contributed by atoms with Gasteiger partial charge in [-0.1, -0.05) is 36.8 Å². The minimum absolute atomic E-state index is 0.0164. The molecular weight excluding hydrogens is 434 g/mol. The minimum Gasteiger partial charge on any atom is -0.465 e. The summed E-state index contributed by atoms with van der Waals surface area (Å²) >= 11 is 0. The van der Waals surface area contributed by atoms with Crippen LogP contribution in [0.15, 0.2) is 58.1 Å². The number of aromatic amines is 1. The third-order valence-corrected chi connectivity index (χ3v) is 5.80. The van der Waals surface area contributed by atoms with E-state index < -0.39 is 17.2 Å². The summed E-state index contributed by atoms with van der Waals surface area (Å²) in [4.78, 5) is 51.6. The number of hydrogen-bond acceptors (Lipinski definition) is 5. The summed E-state index contributed by atoms with van der Waals surface area (Å²) in [6, 6.07) is 14.7. The highest BCUT2D eigenvalue weighted by atomic mass is 16.5. The third kappa shape index (κ3) is 6.66. The van der Waals surface area contributed by atoms with Crippen molar-refractivity contribution in [2.45, 2.75) is 58.0 Å². The van der Waals surface area contributed by atoms with Crippen LogP contribution < -0.4 is 16.6 Å². The lowest BCUT2D eigenvalue weighted by Gasteiger charge is -2.14. The number of rotatable bonds is 11. The van der Waals surface area contributed by atoms with E-state index in [1.54, 1.807) is 0 Å². The van der Waals surface area contributed by atoms with Crippen LogP contribution in [0.25, 0.3) is 10.9 Å². The molecule has 8 nitrogen and oxygen atoms in total. The van der Waals surface area contributed by atoms with Crippen LogP contribution in [-0.4, -0.2) is 34.6 Å². The fourth-order valence-corrected chi connectivity index (χ4v) is 3.88. The van der Waals surface area contributed by atoms with Crippen molar-refractivity contribution in [1.29, 1.82) is 0 Å². The molecule has 0 aliphatic carbocycles. The van der Waals surface area contributed by atoms with E-state index >= 15 is 0 Å². The van der Waals surface area contributed by atoms with Gasteiger partial charge in [0.15, 0.2) is 0 Å². The molecular formula is C26H31N3O5. The summed E-state index contributed by atoms with van der Waals surface area (Å²) in [6.07, 6.45) is 4.21. The second-order valence-corrected chi connectivity index (χ2v) is 8.44. The summed E-state index contributed by atoms with van der Waals surface area (Å²) < 4.78 is 5.83. The van der Waals surface area contributed by atoms with E-state index in [0.29, 0.717) is 30.2 Å². The Labute approximate surface area is 198 Å². The Balaban J connectivity index is 1.44. The molecule has 0 radical (unpaired) electrons. The van der Waals surface area contributed by atoms with Gasteiger partial charge in [-0.25, -0.2) is 9.59 Å². The first-order valence-electron chi connectivity index (χ1n) is 11.6. The Hall–Kier alpha value is -3.68. The number of aromatic nitrogens is 2. The summed E-state index contributed by atoms with van der Waals surface area (Å²) in [7, 11) is 1.27. The molecule has 1 heterocycles. The molecule has 3 aromatic rings. The number of methoxy groups -OCH3 is 1. The van der Waals surface area contributed by atoms with E-state index in [-0.39, 0.29) is 24.1 Å². The fraction of sp³-hybridized carbons (Fsp3) is 0.385. The molecule has 1 amide bonds. The number of ether oxygens (including phenoxy) is 1. The van der Waals surface area contributed by atoms with Crippen LogP contribution in [0.4, 0.5) is 0 Å². The normalized spacial score (nSPS) is 11.8. The maximum Gasteiger partial charge on any atom is 0.337 e. The van der Waals surface area contributed by atoms with Crippen LogP contribution in [0.1, 0.15) is 54.9 Å².